The number of hydrogen-bond donors (Lipinski definition) is 1. The first-order chi connectivity index (χ1) is 12.0. The summed E-state index contributed by atoms with van der Waals surface area (Å²) in [5.74, 6) is 0.536. The van der Waals surface area contributed by atoms with Gasteiger partial charge in [-0.15, -0.1) is 0 Å². The number of benzene rings is 2. The molecule has 25 heavy (non-hydrogen) atoms. The predicted molar refractivity (Wildman–Crippen MR) is 101 cm³/mol. The van der Waals surface area contributed by atoms with Crippen molar-refractivity contribution in [3.8, 4) is 11.5 Å². The number of nitrogens with one attached hydrogen (secondary N) is 1. The largest absolute Gasteiger partial charge is 0.490 e. The first-order valence-corrected chi connectivity index (χ1v) is 8.66. The second-order valence-corrected chi connectivity index (χ2v) is 6.34. The molecule has 0 aliphatic carbocycles. The minimum absolute atomic E-state index is 0.174. The third kappa shape index (κ3) is 4.82. The highest BCUT2D eigenvalue weighted by Crippen LogP contribution is 2.36. The van der Waals surface area contributed by atoms with Gasteiger partial charge in [-0.25, -0.2) is 0 Å². The van der Waals surface area contributed by atoms with Crippen molar-refractivity contribution >= 4 is 33.8 Å². The first-order valence-electron chi connectivity index (χ1n) is 7.86. The van der Waals surface area contributed by atoms with E-state index in [0.29, 0.717) is 28.1 Å². The van der Waals surface area contributed by atoms with Gasteiger partial charge in [0.1, 0.15) is 6.29 Å². The monoisotopic (exact) mass is 405 g/mol. The Kier molecular flexibility index (Phi) is 6.58. The minimum Gasteiger partial charge on any atom is -0.490 e. The summed E-state index contributed by atoms with van der Waals surface area (Å²) < 4.78 is 11.7. The number of halogens is 1. The van der Waals surface area contributed by atoms with Crippen LogP contribution >= 0.6 is 15.9 Å². The Morgan fingerprint density at radius 3 is 2.48 bits per heavy atom. The molecule has 1 N–H and O–H groups in total. The number of aryl methyl sites for hydroxylation is 2. The number of ether oxygens (including phenoxy) is 2. The van der Waals surface area contributed by atoms with Crippen molar-refractivity contribution in [1.29, 1.82) is 0 Å². The van der Waals surface area contributed by atoms with Gasteiger partial charge in [-0.05, 0) is 60.0 Å². The van der Waals surface area contributed by atoms with Crippen molar-refractivity contribution in [2.75, 3.05) is 18.5 Å². The zero-order valence-electron chi connectivity index (χ0n) is 14.4. The lowest BCUT2D eigenvalue weighted by molar-refractivity contribution is -0.118. The number of carbonyl (C=O) groups excluding carboxylic acids is 2. The van der Waals surface area contributed by atoms with E-state index >= 15 is 0 Å². The van der Waals surface area contributed by atoms with Gasteiger partial charge >= 0.3 is 0 Å². The van der Waals surface area contributed by atoms with E-state index in [1.54, 1.807) is 12.1 Å². The molecule has 132 valence electrons. The van der Waals surface area contributed by atoms with E-state index in [1.165, 1.54) is 0 Å². The summed E-state index contributed by atoms with van der Waals surface area (Å²) in [7, 11) is 0. The van der Waals surface area contributed by atoms with Gasteiger partial charge in [0, 0.05) is 11.3 Å². The third-order valence-corrected chi connectivity index (χ3v) is 4.15. The average Bonchev–Trinajstić information content (AvgIpc) is 2.57. The zero-order valence-corrected chi connectivity index (χ0v) is 16.0. The van der Waals surface area contributed by atoms with Crippen molar-refractivity contribution in [2.24, 2.45) is 0 Å². The minimum atomic E-state index is -0.272. The van der Waals surface area contributed by atoms with Crippen molar-refractivity contribution < 1.29 is 19.1 Å². The molecule has 0 fully saturated rings. The average molecular weight is 406 g/mol. The van der Waals surface area contributed by atoms with E-state index in [-0.39, 0.29) is 12.5 Å². The van der Waals surface area contributed by atoms with Gasteiger partial charge in [0.15, 0.2) is 18.1 Å². The smallest absolute Gasteiger partial charge is 0.262 e. The topological polar surface area (TPSA) is 64.6 Å². The number of anilines is 1. The fourth-order valence-electron chi connectivity index (χ4n) is 2.38. The maximum Gasteiger partial charge on any atom is 0.262 e. The lowest BCUT2D eigenvalue weighted by Crippen LogP contribution is -2.21. The summed E-state index contributed by atoms with van der Waals surface area (Å²) in [6, 6.07) is 9.02. The predicted octanol–water partition coefficient (Wildman–Crippen LogP) is 4.29. The van der Waals surface area contributed by atoms with Crippen LogP contribution in [0, 0.1) is 13.8 Å². The summed E-state index contributed by atoms with van der Waals surface area (Å²) in [5.41, 5.74) is 3.22. The molecule has 0 radical (unpaired) electrons. The van der Waals surface area contributed by atoms with Gasteiger partial charge in [-0.2, -0.15) is 0 Å². The number of aldehydes is 1. The Hall–Kier alpha value is -2.34. The number of para-hydroxylation sites is 1. The maximum atomic E-state index is 12.2. The molecule has 0 saturated heterocycles. The van der Waals surface area contributed by atoms with Crippen LogP contribution in [0.2, 0.25) is 0 Å². The number of carbonyl (C=O) groups is 2. The Balaban J connectivity index is 2.12. The molecule has 0 aromatic heterocycles. The molecule has 0 atom stereocenters. The van der Waals surface area contributed by atoms with E-state index in [2.05, 4.69) is 21.2 Å². The summed E-state index contributed by atoms with van der Waals surface area (Å²) in [6.07, 6.45) is 0.727. The van der Waals surface area contributed by atoms with Crippen LogP contribution in [0.5, 0.6) is 11.5 Å². The van der Waals surface area contributed by atoms with Crippen LogP contribution in [0.1, 0.15) is 28.4 Å². The van der Waals surface area contributed by atoms with E-state index in [0.717, 1.165) is 23.1 Å². The van der Waals surface area contributed by atoms with Gasteiger partial charge in [0.25, 0.3) is 5.91 Å². The summed E-state index contributed by atoms with van der Waals surface area (Å²) in [5, 5.41) is 2.87. The van der Waals surface area contributed by atoms with Gasteiger partial charge in [0.2, 0.25) is 0 Å². The van der Waals surface area contributed by atoms with Crippen LogP contribution in [0.3, 0.4) is 0 Å². The molecule has 0 heterocycles. The summed E-state index contributed by atoms with van der Waals surface area (Å²) in [4.78, 5) is 23.2. The van der Waals surface area contributed by atoms with E-state index < -0.39 is 0 Å². The second kappa shape index (κ2) is 8.67. The molecule has 0 unspecified atom stereocenters. The quantitative estimate of drug-likeness (QED) is 0.697. The number of hydrogen-bond acceptors (Lipinski definition) is 4. The molecule has 2 rings (SSSR count). The van der Waals surface area contributed by atoms with Gasteiger partial charge < -0.3 is 14.8 Å². The molecular formula is C19H20BrNO4. The van der Waals surface area contributed by atoms with Crippen LogP contribution in [0.25, 0.3) is 0 Å². The fourth-order valence-corrected chi connectivity index (χ4v) is 2.96. The van der Waals surface area contributed by atoms with E-state index in [4.69, 9.17) is 9.47 Å². The van der Waals surface area contributed by atoms with Gasteiger partial charge in [-0.3, -0.25) is 9.59 Å². The van der Waals surface area contributed by atoms with Gasteiger partial charge in [-0.1, -0.05) is 18.2 Å². The fraction of sp³-hybridized carbons (Fsp3) is 0.263. The number of rotatable bonds is 7. The Morgan fingerprint density at radius 2 is 1.88 bits per heavy atom. The number of amides is 1. The van der Waals surface area contributed by atoms with Crippen LogP contribution in [-0.4, -0.2) is 25.4 Å². The van der Waals surface area contributed by atoms with Crippen LogP contribution < -0.4 is 14.8 Å². The Labute approximate surface area is 155 Å². The van der Waals surface area contributed by atoms with E-state index in [9.17, 15) is 9.59 Å². The first kappa shape index (κ1) is 19.0. The van der Waals surface area contributed by atoms with Crippen molar-refractivity contribution in [1.82, 2.24) is 0 Å². The van der Waals surface area contributed by atoms with Crippen molar-refractivity contribution in [3.63, 3.8) is 0 Å². The molecule has 0 bridgehead atoms. The summed E-state index contributed by atoms with van der Waals surface area (Å²) >= 11 is 3.35. The van der Waals surface area contributed by atoms with Gasteiger partial charge in [0.05, 0.1) is 11.1 Å². The second-order valence-electron chi connectivity index (χ2n) is 5.48. The molecule has 1 amide bonds. The maximum absolute atomic E-state index is 12.2. The van der Waals surface area contributed by atoms with Crippen LogP contribution in [0.4, 0.5) is 5.69 Å². The van der Waals surface area contributed by atoms with Crippen LogP contribution in [-0.2, 0) is 4.79 Å². The SMILES string of the molecule is CCOc1cc(C=O)cc(Br)c1OCC(=O)Nc1c(C)cccc1C. The third-order valence-electron chi connectivity index (χ3n) is 3.56. The normalized spacial score (nSPS) is 10.2. The molecule has 0 aliphatic rings. The molecule has 0 spiro atoms. The van der Waals surface area contributed by atoms with E-state index in [1.807, 2.05) is 39.0 Å². The highest BCUT2D eigenvalue weighted by Gasteiger charge is 2.15. The van der Waals surface area contributed by atoms with Crippen molar-refractivity contribution in [2.45, 2.75) is 20.8 Å². The molecule has 0 aliphatic heterocycles. The standard InChI is InChI=1S/C19H20BrNO4/c1-4-24-16-9-14(10-22)8-15(20)19(16)25-11-17(23)21-18-12(2)6-5-7-13(18)3/h5-10H,4,11H2,1-3H3,(H,21,23). The lowest BCUT2D eigenvalue weighted by Gasteiger charge is -2.15. The summed E-state index contributed by atoms with van der Waals surface area (Å²) in [6.45, 7) is 5.95. The van der Waals surface area contributed by atoms with Crippen molar-refractivity contribution in [3.05, 3.63) is 51.5 Å². The molecule has 0 saturated carbocycles. The molecular weight excluding hydrogens is 386 g/mol. The molecule has 2 aromatic carbocycles. The zero-order chi connectivity index (χ0) is 18.4. The highest BCUT2D eigenvalue weighted by molar-refractivity contribution is 9.10. The Morgan fingerprint density at radius 1 is 1.20 bits per heavy atom. The molecule has 2 aromatic rings. The molecule has 5 nitrogen and oxygen atoms in total. The lowest BCUT2D eigenvalue weighted by atomic mass is 10.1. The Bertz CT molecular complexity index is 769. The van der Waals surface area contributed by atoms with Crippen LogP contribution in [0.15, 0.2) is 34.8 Å². The molecule has 6 heteroatoms. The highest BCUT2D eigenvalue weighted by atomic mass is 79.9.